The highest BCUT2D eigenvalue weighted by molar-refractivity contribution is 5.93. The molecule has 0 radical (unpaired) electrons. The van der Waals surface area contributed by atoms with Crippen LogP contribution in [-0.2, 0) is 4.79 Å². The molecule has 2 N–H and O–H groups in total. The molecular formula is C21H25F2N5O3. The number of nitrogens with one attached hydrogen (secondary N) is 2. The van der Waals surface area contributed by atoms with Crippen LogP contribution in [0.1, 0.15) is 37.8 Å². The summed E-state index contributed by atoms with van der Waals surface area (Å²) < 4.78 is 34.7. The van der Waals surface area contributed by atoms with E-state index in [0.717, 1.165) is 0 Å². The highest BCUT2D eigenvalue weighted by Crippen LogP contribution is 2.39. The zero-order chi connectivity index (χ0) is 22.0. The molecule has 0 aromatic carbocycles. The van der Waals surface area contributed by atoms with Crippen LogP contribution in [0.3, 0.4) is 0 Å². The molecule has 0 spiro atoms. The number of pyridine rings is 1. The number of hydrogen-bond donors (Lipinski definition) is 2. The molecule has 0 bridgehead atoms. The van der Waals surface area contributed by atoms with Gasteiger partial charge in [-0.15, -0.1) is 0 Å². The van der Waals surface area contributed by atoms with Crippen LogP contribution in [0.4, 0.5) is 14.6 Å². The number of hydrogen-bond acceptors (Lipinski definition) is 6. The minimum Gasteiger partial charge on any atom is -0.492 e. The molecule has 166 valence electrons. The molecule has 1 amide bonds. The molecule has 2 aliphatic rings. The molecule has 1 saturated carbocycles. The van der Waals surface area contributed by atoms with E-state index in [-0.39, 0.29) is 24.7 Å². The first-order valence-electron chi connectivity index (χ1n) is 10.4. The number of H-pyrrole nitrogens is 1. The van der Waals surface area contributed by atoms with Gasteiger partial charge in [0.05, 0.1) is 30.5 Å². The van der Waals surface area contributed by atoms with Crippen molar-refractivity contribution in [1.82, 2.24) is 20.1 Å². The first kappa shape index (κ1) is 21.4. The van der Waals surface area contributed by atoms with Gasteiger partial charge in [-0.25, -0.2) is 18.9 Å². The molecule has 4 rings (SSSR count). The SMILES string of the molecule is CC(C(=O)Nc1ccc(OCC2CC2)cn1)N1CCC(F)(F)C(c2ccc(=O)[nH]n2)C1. The second-order valence-corrected chi connectivity index (χ2v) is 8.20. The highest BCUT2D eigenvalue weighted by atomic mass is 19.3. The van der Waals surface area contributed by atoms with Gasteiger partial charge in [0.2, 0.25) is 5.91 Å². The maximum Gasteiger partial charge on any atom is 0.264 e. The maximum absolute atomic E-state index is 14.5. The maximum atomic E-state index is 14.5. The molecule has 2 aromatic heterocycles. The van der Waals surface area contributed by atoms with E-state index >= 15 is 0 Å². The van der Waals surface area contributed by atoms with E-state index in [1.807, 2.05) is 0 Å². The summed E-state index contributed by atoms with van der Waals surface area (Å²) in [5.41, 5.74) is -0.353. The summed E-state index contributed by atoms with van der Waals surface area (Å²) in [5, 5.41) is 8.71. The van der Waals surface area contributed by atoms with Crippen LogP contribution in [0.2, 0.25) is 0 Å². The fraction of sp³-hybridized carbons (Fsp3) is 0.524. The summed E-state index contributed by atoms with van der Waals surface area (Å²) >= 11 is 0. The number of anilines is 1. The smallest absolute Gasteiger partial charge is 0.264 e. The molecule has 1 saturated heterocycles. The second-order valence-electron chi connectivity index (χ2n) is 8.20. The quantitative estimate of drug-likeness (QED) is 0.696. The normalized spacial score (nSPS) is 22.0. The highest BCUT2D eigenvalue weighted by Gasteiger charge is 2.47. The first-order valence-corrected chi connectivity index (χ1v) is 10.4. The Hall–Kier alpha value is -2.88. The molecule has 3 heterocycles. The lowest BCUT2D eigenvalue weighted by atomic mass is 9.89. The number of aromatic amines is 1. The first-order chi connectivity index (χ1) is 14.8. The number of carbonyl (C=O) groups is 1. The Labute approximate surface area is 178 Å². The van der Waals surface area contributed by atoms with Gasteiger partial charge in [-0.1, -0.05) is 0 Å². The number of rotatable bonds is 7. The summed E-state index contributed by atoms with van der Waals surface area (Å²) in [7, 11) is 0. The number of alkyl halides is 2. The van der Waals surface area contributed by atoms with Crippen molar-refractivity contribution in [3.8, 4) is 5.75 Å². The number of likely N-dealkylation sites (tertiary alicyclic amines) is 1. The van der Waals surface area contributed by atoms with Crippen molar-refractivity contribution in [1.29, 1.82) is 0 Å². The van der Waals surface area contributed by atoms with E-state index in [1.165, 1.54) is 25.0 Å². The van der Waals surface area contributed by atoms with Crippen LogP contribution in [0.25, 0.3) is 0 Å². The average molecular weight is 433 g/mol. The largest absolute Gasteiger partial charge is 0.492 e. The molecular weight excluding hydrogens is 408 g/mol. The third kappa shape index (κ3) is 5.25. The lowest BCUT2D eigenvalue weighted by Gasteiger charge is -2.40. The minimum absolute atomic E-state index is 0.0536. The lowest BCUT2D eigenvalue weighted by Crippen LogP contribution is -2.52. The molecule has 1 aliphatic heterocycles. The standard InChI is InChI=1S/C21H25F2N5O3/c1-13(20(30)25-18-6-4-15(10-24-18)31-12-14-2-3-14)28-9-8-21(22,23)16(11-28)17-5-7-19(29)27-26-17/h4-7,10,13-14,16H,2-3,8-9,11-12H2,1H3,(H,27,29)(H,24,25,30). The van der Waals surface area contributed by atoms with Crippen molar-refractivity contribution in [2.45, 2.75) is 44.1 Å². The zero-order valence-electron chi connectivity index (χ0n) is 17.2. The number of piperidine rings is 1. The molecule has 2 unspecified atom stereocenters. The minimum atomic E-state index is -2.98. The fourth-order valence-corrected chi connectivity index (χ4v) is 3.57. The van der Waals surface area contributed by atoms with Crippen LogP contribution in [-0.4, -0.2) is 57.6 Å². The van der Waals surface area contributed by atoms with Crippen molar-refractivity contribution in [3.05, 3.63) is 46.5 Å². The van der Waals surface area contributed by atoms with Gasteiger partial charge in [0.1, 0.15) is 11.6 Å². The van der Waals surface area contributed by atoms with Crippen molar-refractivity contribution in [2.75, 3.05) is 25.0 Å². The van der Waals surface area contributed by atoms with E-state index < -0.39 is 29.9 Å². The van der Waals surface area contributed by atoms with Crippen LogP contribution in [0.5, 0.6) is 5.75 Å². The molecule has 1 aliphatic carbocycles. The zero-order valence-corrected chi connectivity index (χ0v) is 17.2. The average Bonchev–Trinajstić information content (AvgIpc) is 3.58. The Balaban J connectivity index is 1.37. The van der Waals surface area contributed by atoms with Crippen molar-refractivity contribution in [3.63, 3.8) is 0 Å². The predicted octanol–water partition coefficient (Wildman–Crippen LogP) is 2.41. The molecule has 10 heteroatoms. The summed E-state index contributed by atoms with van der Waals surface area (Å²) in [6.07, 6.45) is 3.55. The number of amides is 1. The van der Waals surface area contributed by atoms with E-state index in [2.05, 4.69) is 20.5 Å². The van der Waals surface area contributed by atoms with Crippen molar-refractivity contribution < 1.29 is 18.3 Å². The molecule has 31 heavy (non-hydrogen) atoms. The van der Waals surface area contributed by atoms with Gasteiger partial charge < -0.3 is 10.1 Å². The number of ether oxygens (including phenoxy) is 1. The van der Waals surface area contributed by atoms with Gasteiger partial charge in [0.25, 0.3) is 11.5 Å². The number of carbonyl (C=O) groups excluding carboxylic acids is 1. The Morgan fingerprint density at radius 2 is 2.16 bits per heavy atom. The predicted molar refractivity (Wildman–Crippen MR) is 109 cm³/mol. The monoisotopic (exact) mass is 433 g/mol. The number of nitrogens with zero attached hydrogens (tertiary/aromatic N) is 3. The van der Waals surface area contributed by atoms with E-state index in [0.29, 0.717) is 24.1 Å². The van der Waals surface area contributed by atoms with Crippen molar-refractivity contribution in [2.24, 2.45) is 5.92 Å². The molecule has 2 atom stereocenters. The third-order valence-corrected chi connectivity index (χ3v) is 5.81. The van der Waals surface area contributed by atoms with Gasteiger partial charge in [0.15, 0.2) is 0 Å². The van der Waals surface area contributed by atoms with E-state index in [9.17, 15) is 18.4 Å². The lowest BCUT2D eigenvalue weighted by molar-refractivity contribution is -0.125. The van der Waals surface area contributed by atoms with Gasteiger partial charge in [-0.3, -0.25) is 14.5 Å². The summed E-state index contributed by atoms with van der Waals surface area (Å²) in [6, 6.07) is 5.24. The summed E-state index contributed by atoms with van der Waals surface area (Å²) in [5.74, 6) is -2.88. The number of aromatic nitrogens is 3. The summed E-state index contributed by atoms with van der Waals surface area (Å²) in [4.78, 5) is 29.8. The second kappa shape index (κ2) is 8.70. The Bertz CT molecular complexity index is 957. The Morgan fingerprint density at radius 3 is 2.81 bits per heavy atom. The third-order valence-electron chi connectivity index (χ3n) is 5.81. The number of halogens is 2. The van der Waals surface area contributed by atoms with Gasteiger partial charge >= 0.3 is 0 Å². The van der Waals surface area contributed by atoms with Gasteiger partial charge in [0, 0.05) is 25.6 Å². The van der Waals surface area contributed by atoms with Crippen LogP contribution in [0, 0.1) is 5.92 Å². The topological polar surface area (TPSA) is 100 Å². The van der Waals surface area contributed by atoms with E-state index in [4.69, 9.17) is 4.74 Å². The van der Waals surface area contributed by atoms with Crippen LogP contribution >= 0.6 is 0 Å². The van der Waals surface area contributed by atoms with E-state index in [1.54, 1.807) is 30.2 Å². The Kier molecular flexibility index (Phi) is 5.99. The fourth-order valence-electron chi connectivity index (χ4n) is 3.57. The summed E-state index contributed by atoms with van der Waals surface area (Å²) in [6.45, 7) is 2.36. The molecule has 8 nitrogen and oxygen atoms in total. The molecule has 2 aromatic rings. The van der Waals surface area contributed by atoms with Gasteiger partial charge in [-0.2, -0.15) is 5.10 Å². The van der Waals surface area contributed by atoms with Crippen molar-refractivity contribution >= 4 is 11.7 Å². The van der Waals surface area contributed by atoms with Crippen LogP contribution < -0.4 is 15.6 Å². The van der Waals surface area contributed by atoms with Gasteiger partial charge in [-0.05, 0) is 43.9 Å². The molecule has 2 fully saturated rings. The van der Waals surface area contributed by atoms with Crippen LogP contribution in [0.15, 0.2) is 35.3 Å². The Morgan fingerprint density at radius 1 is 1.35 bits per heavy atom.